The van der Waals surface area contributed by atoms with Crippen LogP contribution in [-0.4, -0.2) is 18.9 Å². The third-order valence-electron chi connectivity index (χ3n) is 4.85. The molecule has 0 radical (unpaired) electrons. The van der Waals surface area contributed by atoms with E-state index in [1.54, 1.807) is 73.8 Å². The second kappa shape index (κ2) is 9.28. The highest BCUT2D eigenvalue weighted by atomic mass is 35.5. The number of nitrogens with zero attached hydrogens (tertiary/aromatic N) is 1. The Morgan fingerprint density at radius 3 is 2.16 bits per heavy atom. The van der Waals surface area contributed by atoms with Gasteiger partial charge in [0.15, 0.2) is 0 Å². The predicted octanol–water partition coefficient (Wildman–Crippen LogP) is 6.30. The predicted molar refractivity (Wildman–Crippen MR) is 130 cm³/mol. The summed E-state index contributed by atoms with van der Waals surface area (Å²) >= 11 is 13.3. The largest absolute Gasteiger partial charge is 0.497 e. The molecule has 5 nitrogen and oxygen atoms in total. The van der Waals surface area contributed by atoms with Crippen LogP contribution < -0.4 is 15.0 Å². The lowest BCUT2D eigenvalue weighted by atomic mass is 10.2. The minimum absolute atomic E-state index is 0.205. The van der Waals surface area contributed by atoms with Crippen LogP contribution in [0.25, 0.3) is 0 Å². The number of halogens is 2. The number of carbonyl (C=O) groups is 2. The summed E-state index contributed by atoms with van der Waals surface area (Å²) in [7, 11) is 1.56. The molecule has 0 aliphatic carbocycles. The number of imide groups is 1. The van der Waals surface area contributed by atoms with Crippen molar-refractivity contribution in [1.29, 1.82) is 0 Å². The van der Waals surface area contributed by atoms with Gasteiger partial charge in [-0.05, 0) is 79.2 Å². The van der Waals surface area contributed by atoms with Gasteiger partial charge < -0.3 is 10.1 Å². The van der Waals surface area contributed by atoms with Crippen molar-refractivity contribution in [3.05, 3.63) is 92.9 Å². The Morgan fingerprint density at radius 2 is 1.53 bits per heavy atom. The van der Waals surface area contributed by atoms with Crippen molar-refractivity contribution in [2.45, 2.75) is 11.8 Å². The summed E-state index contributed by atoms with van der Waals surface area (Å²) < 4.78 is 5.18. The summed E-state index contributed by atoms with van der Waals surface area (Å²) in [6.45, 7) is 1.88. The highest BCUT2D eigenvalue weighted by Gasteiger charge is 2.40. The topological polar surface area (TPSA) is 58.6 Å². The van der Waals surface area contributed by atoms with Crippen molar-refractivity contribution in [1.82, 2.24) is 0 Å². The molecule has 0 atom stereocenters. The lowest BCUT2D eigenvalue weighted by molar-refractivity contribution is -0.120. The van der Waals surface area contributed by atoms with Crippen molar-refractivity contribution in [2.75, 3.05) is 17.3 Å². The van der Waals surface area contributed by atoms with E-state index in [1.165, 1.54) is 11.8 Å². The van der Waals surface area contributed by atoms with E-state index < -0.39 is 11.8 Å². The van der Waals surface area contributed by atoms with Crippen molar-refractivity contribution in [3.63, 3.8) is 0 Å². The summed E-state index contributed by atoms with van der Waals surface area (Å²) in [6.07, 6.45) is 0. The van der Waals surface area contributed by atoms with Crippen molar-refractivity contribution in [3.8, 4) is 5.75 Å². The standard InChI is InChI=1S/C24H18Cl2N2O3S/c1-14-13-16(26)5-12-20(14)27-21-22(32-19-10-3-15(25)4-11-19)24(30)28(23(21)29)17-6-8-18(31-2)9-7-17/h3-13,27H,1-2H3. The first-order chi connectivity index (χ1) is 15.4. The molecular formula is C24H18Cl2N2O3S. The van der Waals surface area contributed by atoms with Crippen molar-refractivity contribution < 1.29 is 14.3 Å². The number of thioether (sulfide) groups is 1. The number of ether oxygens (including phenoxy) is 1. The van der Waals surface area contributed by atoms with Crippen LogP contribution in [0.3, 0.4) is 0 Å². The van der Waals surface area contributed by atoms with Gasteiger partial charge in [0.25, 0.3) is 11.8 Å². The molecule has 0 aromatic heterocycles. The van der Waals surface area contributed by atoms with Crippen LogP contribution in [0.15, 0.2) is 82.2 Å². The fraction of sp³-hybridized carbons (Fsp3) is 0.0833. The fourth-order valence-electron chi connectivity index (χ4n) is 3.20. The summed E-state index contributed by atoms with van der Waals surface area (Å²) in [4.78, 5) is 29.0. The van der Waals surface area contributed by atoms with Crippen LogP contribution in [0, 0.1) is 6.92 Å². The summed E-state index contributed by atoms with van der Waals surface area (Å²) in [5.74, 6) is -0.216. The van der Waals surface area contributed by atoms with Crippen molar-refractivity contribution in [2.24, 2.45) is 0 Å². The zero-order valence-electron chi connectivity index (χ0n) is 17.2. The van der Waals surface area contributed by atoms with Crippen LogP contribution >= 0.6 is 35.0 Å². The monoisotopic (exact) mass is 484 g/mol. The van der Waals surface area contributed by atoms with E-state index in [-0.39, 0.29) is 5.70 Å². The Kier molecular flexibility index (Phi) is 6.46. The fourth-order valence-corrected chi connectivity index (χ4v) is 4.48. The number of amides is 2. The number of anilines is 2. The van der Waals surface area contributed by atoms with Crippen LogP contribution in [0.4, 0.5) is 11.4 Å². The molecule has 3 aromatic carbocycles. The van der Waals surface area contributed by atoms with E-state index in [2.05, 4.69) is 5.32 Å². The van der Waals surface area contributed by atoms with Crippen LogP contribution in [0.2, 0.25) is 10.0 Å². The molecule has 0 saturated heterocycles. The maximum atomic E-state index is 13.4. The molecule has 3 aromatic rings. The number of benzene rings is 3. The highest BCUT2D eigenvalue weighted by molar-refractivity contribution is 8.04. The first-order valence-corrected chi connectivity index (χ1v) is 11.2. The molecule has 1 aliphatic heterocycles. The van der Waals surface area contributed by atoms with Gasteiger partial charge in [0.2, 0.25) is 0 Å². The zero-order valence-corrected chi connectivity index (χ0v) is 19.5. The Hall–Kier alpha value is -2.93. The van der Waals surface area contributed by atoms with Gasteiger partial charge in [0.1, 0.15) is 16.4 Å². The average molecular weight is 485 g/mol. The van der Waals surface area contributed by atoms with Crippen molar-refractivity contribution >= 4 is 58.2 Å². The molecule has 0 unspecified atom stereocenters. The lowest BCUT2D eigenvalue weighted by Crippen LogP contribution is -2.32. The number of hydrogen-bond donors (Lipinski definition) is 1. The van der Waals surface area contributed by atoms with Gasteiger partial charge in [-0.25, -0.2) is 4.90 Å². The Balaban J connectivity index is 1.74. The summed E-state index contributed by atoms with van der Waals surface area (Å²) in [5, 5.41) is 4.34. The lowest BCUT2D eigenvalue weighted by Gasteiger charge is -2.16. The summed E-state index contributed by atoms with van der Waals surface area (Å²) in [5.41, 5.74) is 2.20. The Labute approximate surface area is 200 Å². The van der Waals surface area contributed by atoms with E-state index in [1.807, 2.05) is 6.92 Å². The minimum atomic E-state index is -0.439. The third-order valence-corrected chi connectivity index (χ3v) is 6.43. The number of methoxy groups -OCH3 is 1. The maximum Gasteiger partial charge on any atom is 0.283 e. The number of rotatable bonds is 6. The number of aryl methyl sites for hydroxylation is 1. The van der Waals surface area contributed by atoms with E-state index in [4.69, 9.17) is 27.9 Å². The molecule has 0 spiro atoms. The number of hydrogen-bond acceptors (Lipinski definition) is 5. The molecular weight excluding hydrogens is 467 g/mol. The number of carbonyl (C=O) groups excluding carboxylic acids is 2. The van der Waals surface area contributed by atoms with Gasteiger partial charge in [-0.2, -0.15) is 0 Å². The van der Waals surface area contributed by atoms with Gasteiger partial charge in [0.05, 0.1) is 12.8 Å². The van der Waals surface area contributed by atoms with Gasteiger partial charge in [-0.3, -0.25) is 9.59 Å². The van der Waals surface area contributed by atoms with E-state index >= 15 is 0 Å². The minimum Gasteiger partial charge on any atom is -0.497 e. The Morgan fingerprint density at radius 1 is 0.875 bits per heavy atom. The maximum absolute atomic E-state index is 13.4. The SMILES string of the molecule is COc1ccc(N2C(=O)C(Nc3ccc(Cl)cc3C)=C(Sc3ccc(Cl)cc3)C2=O)cc1. The normalized spacial score (nSPS) is 13.7. The van der Waals surface area contributed by atoms with Gasteiger partial charge in [-0.15, -0.1) is 0 Å². The molecule has 8 heteroatoms. The van der Waals surface area contributed by atoms with Gasteiger partial charge in [0, 0.05) is 20.6 Å². The van der Waals surface area contributed by atoms with E-state index in [0.29, 0.717) is 32.1 Å². The molecule has 162 valence electrons. The average Bonchev–Trinajstić information content (AvgIpc) is 3.01. The Bertz CT molecular complexity index is 1220. The molecule has 2 amide bonds. The molecule has 0 bridgehead atoms. The first kappa shape index (κ1) is 22.3. The third kappa shape index (κ3) is 4.48. The molecule has 1 heterocycles. The first-order valence-electron chi connectivity index (χ1n) is 9.61. The van der Waals surface area contributed by atoms with Crippen LogP contribution in [0.5, 0.6) is 5.75 Å². The molecule has 0 saturated carbocycles. The second-order valence-corrected chi connectivity index (χ2v) is 8.94. The van der Waals surface area contributed by atoms with E-state index in [9.17, 15) is 9.59 Å². The van der Waals surface area contributed by atoms with Gasteiger partial charge in [-0.1, -0.05) is 35.0 Å². The van der Waals surface area contributed by atoms with Gasteiger partial charge >= 0.3 is 0 Å². The molecule has 4 rings (SSSR count). The zero-order chi connectivity index (χ0) is 22.8. The smallest absolute Gasteiger partial charge is 0.283 e. The number of nitrogens with one attached hydrogen (secondary N) is 1. The molecule has 32 heavy (non-hydrogen) atoms. The van der Waals surface area contributed by atoms with Crippen LogP contribution in [-0.2, 0) is 9.59 Å². The van der Waals surface area contributed by atoms with Crippen LogP contribution in [0.1, 0.15) is 5.56 Å². The molecule has 0 fully saturated rings. The second-order valence-electron chi connectivity index (χ2n) is 6.99. The van der Waals surface area contributed by atoms with E-state index in [0.717, 1.165) is 15.4 Å². The molecule has 1 aliphatic rings. The molecule has 1 N–H and O–H groups in total. The summed E-state index contributed by atoms with van der Waals surface area (Å²) in [6, 6.07) is 19.2. The quantitative estimate of drug-likeness (QED) is 0.416. The highest BCUT2D eigenvalue weighted by Crippen LogP contribution is 2.39.